The van der Waals surface area contributed by atoms with E-state index in [0.717, 1.165) is 12.3 Å². The van der Waals surface area contributed by atoms with Crippen molar-refractivity contribution in [2.24, 2.45) is 0 Å². The maximum Gasteiger partial charge on any atom is 0.260 e. The number of ether oxygens (including phenoxy) is 2. The average Bonchev–Trinajstić information content (AvgIpc) is 2.45. The Labute approximate surface area is 116 Å². The Bertz CT molecular complexity index is 484. The number of rotatable bonds is 8. The predicted octanol–water partition coefficient (Wildman–Crippen LogP) is 0.0521. The minimum absolute atomic E-state index is 0.0678. The molecule has 0 saturated carbocycles. The molecule has 1 atom stereocenters. The SMILES string of the molecule is COCCCNC(=O)C(C)Oc1coc(CO)cc1=O. The summed E-state index contributed by atoms with van der Waals surface area (Å²) in [5.74, 6) is -0.257. The molecule has 0 spiro atoms. The topological polar surface area (TPSA) is 98.0 Å². The molecule has 1 rings (SSSR count). The van der Waals surface area contributed by atoms with Crippen molar-refractivity contribution in [3.05, 3.63) is 28.3 Å². The molecule has 0 aliphatic carbocycles. The number of aliphatic hydroxyl groups is 1. The van der Waals surface area contributed by atoms with E-state index in [4.69, 9.17) is 19.0 Å². The van der Waals surface area contributed by atoms with Crippen molar-refractivity contribution >= 4 is 5.91 Å². The Morgan fingerprint density at radius 3 is 2.90 bits per heavy atom. The van der Waals surface area contributed by atoms with Gasteiger partial charge in [0.2, 0.25) is 11.2 Å². The van der Waals surface area contributed by atoms with Crippen molar-refractivity contribution in [1.29, 1.82) is 0 Å². The van der Waals surface area contributed by atoms with Crippen LogP contribution in [0.25, 0.3) is 0 Å². The van der Waals surface area contributed by atoms with Gasteiger partial charge < -0.3 is 24.3 Å². The summed E-state index contributed by atoms with van der Waals surface area (Å²) in [6.07, 6.45) is 0.964. The molecule has 0 fully saturated rings. The number of nitrogens with one attached hydrogen (secondary N) is 1. The first kappa shape index (κ1) is 16.2. The Morgan fingerprint density at radius 1 is 1.55 bits per heavy atom. The van der Waals surface area contributed by atoms with E-state index in [9.17, 15) is 9.59 Å². The standard InChI is InChI=1S/C13H19NO6/c1-9(13(17)14-4-3-5-18-2)20-12-8-19-10(7-15)6-11(12)16/h6,8-9,15H,3-5,7H2,1-2H3,(H,14,17). The van der Waals surface area contributed by atoms with Gasteiger partial charge in [-0.1, -0.05) is 0 Å². The van der Waals surface area contributed by atoms with Gasteiger partial charge in [-0.15, -0.1) is 0 Å². The zero-order chi connectivity index (χ0) is 15.0. The first-order valence-electron chi connectivity index (χ1n) is 6.24. The molecule has 112 valence electrons. The lowest BCUT2D eigenvalue weighted by molar-refractivity contribution is -0.127. The smallest absolute Gasteiger partial charge is 0.260 e. The summed E-state index contributed by atoms with van der Waals surface area (Å²) in [4.78, 5) is 23.3. The molecule has 7 nitrogen and oxygen atoms in total. The molecule has 0 aliphatic rings. The minimum atomic E-state index is -0.819. The average molecular weight is 285 g/mol. The van der Waals surface area contributed by atoms with Gasteiger partial charge in [-0.25, -0.2) is 0 Å². The number of carbonyl (C=O) groups is 1. The van der Waals surface area contributed by atoms with E-state index in [0.29, 0.717) is 19.6 Å². The van der Waals surface area contributed by atoms with Gasteiger partial charge in [0.15, 0.2) is 6.10 Å². The molecule has 1 amide bonds. The highest BCUT2D eigenvalue weighted by Gasteiger charge is 2.16. The van der Waals surface area contributed by atoms with E-state index in [1.54, 1.807) is 7.11 Å². The number of methoxy groups -OCH3 is 1. The molecular formula is C13H19NO6. The second-order valence-electron chi connectivity index (χ2n) is 4.13. The van der Waals surface area contributed by atoms with Gasteiger partial charge in [0, 0.05) is 26.3 Å². The van der Waals surface area contributed by atoms with Crippen LogP contribution < -0.4 is 15.5 Å². The highest BCUT2D eigenvalue weighted by atomic mass is 16.5. The van der Waals surface area contributed by atoms with Gasteiger partial charge in [0.25, 0.3) is 5.91 Å². The molecule has 0 radical (unpaired) electrons. The molecule has 0 saturated heterocycles. The van der Waals surface area contributed by atoms with Crippen LogP contribution in [0.2, 0.25) is 0 Å². The quantitative estimate of drug-likeness (QED) is 0.655. The lowest BCUT2D eigenvalue weighted by Crippen LogP contribution is -2.37. The highest BCUT2D eigenvalue weighted by Crippen LogP contribution is 2.08. The molecule has 1 heterocycles. The molecule has 1 unspecified atom stereocenters. The van der Waals surface area contributed by atoms with Crippen molar-refractivity contribution in [2.45, 2.75) is 26.1 Å². The molecule has 0 aliphatic heterocycles. The van der Waals surface area contributed by atoms with Crippen LogP contribution >= 0.6 is 0 Å². The Kier molecular flexibility index (Phi) is 6.75. The molecule has 0 bridgehead atoms. The van der Waals surface area contributed by atoms with Crippen molar-refractivity contribution in [3.63, 3.8) is 0 Å². The fraction of sp³-hybridized carbons (Fsp3) is 0.538. The van der Waals surface area contributed by atoms with Crippen LogP contribution in [0.15, 0.2) is 21.5 Å². The summed E-state index contributed by atoms with van der Waals surface area (Å²) in [6.45, 7) is 2.19. The van der Waals surface area contributed by atoms with Gasteiger partial charge in [-0.2, -0.15) is 0 Å². The predicted molar refractivity (Wildman–Crippen MR) is 70.5 cm³/mol. The van der Waals surface area contributed by atoms with Crippen LogP contribution in [0, 0.1) is 0 Å². The number of carbonyl (C=O) groups excluding carboxylic acids is 1. The Morgan fingerprint density at radius 2 is 2.30 bits per heavy atom. The summed E-state index contributed by atoms with van der Waals surface area (Å²) in [5, 5.41) is 11.5. The molecule has 1 aromatic heterocycles. The van der Waals surface area contributed by atoms with Crippen molar-refractivity contribution in [2.75, 3.05) is 20.3 Å². The second-order valence-corrected chi connectivity index (χ2v) is 4.13. The molecule has 7 heteroatoms. The summed E-state index contributed by atoms with van der Waals surface area (Å²) in [6, 6.07) is 1.12. The maximum atomic E-state index is 11.7. The van der Waals surface area contributed by atoms with E-state index in [1.807, 2.05) is 0 Å². The van der Waals surface area contributed by atoms with E-state index < -0.39 is 11.5 Å². The number of aliphatic hydroxyl groups excluding tert-OH is 1. The first-order chi connectivity index (χ1) is 9.58. The van der Waals surface area contributed by atoms with Gasteiger partial charge in [-0.3, -0.25) is 9.59 Å². The normalized spacial score (nSPS) is 11.9. The first-order valence-corrected chi connectivity index (χ1v) is 6.24. The largest absolute Gasteiger partial charge is 0.474 e. The minimum Gasteiger partial charge on any atom is -0.474 e. The lowest BCUT2D eigenvalue weighted by atomic mass is 10.3. The van der Waals surface area contributed by atoms with Crippen molar-refractivity contribution in [1.82, 2.24) is 5.32 Å². The third kappa shape index (κ3) is 5.02. The lowest BCUT2D eigenvalue weighted by Gasteiger charge is -2.13. The number of hydrogen-bond acceptors (Lipinski definition) is 6. The van der Waals surface area contributed by atoms with Gasteiger partial charge in [0.1, 0.15) is 18.6 Å². The van der Waals surface area contributed by atoms with Crippen LogP contribution in [0.5, 0.6) is 5.75 Å². The number of hydrogen-bond donors (Lipinski definition) is 2. The van der Waals surface area contributed by atoms with Crippen LogP contribution in [-0.4, -0.2) is 37.4 Å². The maximum absolute atomic E-state index is 11.7. The van der Waals surface area contributed by atoms with Crippen LogP contribution in [-0.2, 0) is 16.1 Å². The fourth-order valence-corrected chi connectivity index (χ4v) is 1.42. The van der Waals surface area contributed by atoms with Crippen molar-refractivity contribution in [3.8, 4) is 5.75 Å². The molecule has 20 heavy (non-hydrogen) atoms. The zero-order valence-corrected chi connectivity index (χ0v) is 11.5. The van der Waals surface area contributed by atoms with E-state index >= 15 is 0 Å². The van der Waals surface area contributed by atoms with Crippen LogP contribution in [0.4, 0.5) is 0 Å². The van der Waals surface area contributed by atoms with E-state index in [1.165, 1.54) is 6.92 Å². The van der Waals surface area contributed by atoms with E-state index in [-0.39, 0.29) is 24.0 Å². The van der Waals surface area contributed by atoms with Gasteiger partial charge in [-0.05, 0) is 13.3 Å². The highest BCUT2D eigenvalue weighted by molar-refractivity contribution is 5.80. The third-order valence-electron chi connectivity index (χ3n) is 2.51. The number of amides is 1. The summed E-state index contributed by atoms with van der Waals surface area (Å²) < 4.78 is 15.1. The monoisotopic (exact) mass is 285 g/mol. The summed E-state index contributed by atoms with van der Waals surface area (Å²) in [5.41, 5.74) is -0.445. The molecular weight excluding hydrogens is 266 g/mol. The van der Waals surface area contributed by atoms with Crippen LogP contribution in [0.1, 0.15) is 19.1 Å². The second kappa shape index (κ2) is 8.34. The van der Waals surface area contributed by atoms with Crippen molar-refractivity contribution < 1.29 is 23.8 Å². The van der Waals surface area contributed by atoms with E-state index in [2.05, 4.69) is 5.32 Å². The summed E-state index contributed by atoms with van der Waals surface area (Å²) in [7, 11) is 1.59. The Hall–Kier alpha value is -1.86. The van der Waals surface area contributed by atoms with Crippen LogP contribution in [0.3, 0.4) is 0 Å². The van der Waals surface area contributed by atoms with Gasteiger partial charge in [0.05, 0.1) is 0 Å². The molecule has 2 N–H and O–H groups in total. The Balaban J connectivity index is 2.51. The summed E-state index contributed by atoms with van der Waals surface area (Å²) >= 11 is 0. The molecule has 0 aromatic carbocycles. The zero-order valence-electron chi connectivity index (χ0n) is 11.5. The molecule has 1 aromatic rings. The van der Waals surface area contributed by atoms with Gasteiger partial charge >= 0.3 is 0 Å². The fourth-order valence-electron chi connectivity index (χ4n) is 1.42. The third-order valence-corrected chi connectivity index (χ3v) is 2.51.